The van der Waals surface area contributed by atoms with Gasteiger partial charge >= 0.3 is 0 Å². The molecule has 1 aromatic rings. The molecule has 0 bridgehead atoms. The van der Waals surface area contributed by atoms with Gasteiger partial charge < -0.3 is 0 Å². The molecular formula is C8H7NO2S. The number of ketones is 1. The van der Waals surface area contributed by atoms with Gasteiger partial charge in [-0.25, -0.2) is 0 Å². The van der Waals surface area contributed by atoms with E-state index in [0.29, 0.717) is 6.29 Å². The van der Waals surface area contributed by atoms with Crippen molar-refractivity contribution in [3.63, 3.8) is 0 Å². The highest BCUT2D eigenvalue weighted by atomic mass is 32.2. The van der Waals surface area contributed by atoms with E-state index in [2.05, 4.69) is 4.98 Å². The first kappa shape index (κ1) is 8.93. The molecule has 0 atom stereocenters. The molecule has 0 unspecified atom stereocenters. The molecule has 0 radical (unpaired) electrons. The third kappa shape index (κ3) is 2.84. The van der Waals surface area contributed by atoms with Gasteiger partial charge in [-0.3, -0.25) is 14.6 Å². The molecule has 1 rings (SSSR count). The van der Waals surface area contributed by atoms with Gasteiger partial charge in [0.2, 0.25) is 5.78 Å². The molecule has 0 N–H and O–H groups in total. The van der Waals surface area contributed by atoms with Crippen molar-refractivity contribution >= 4 is 23.8 Å². The van der Waals surface area contributed by atoms with Crippen LogP contribution in [0.2, 0.25) is 0 Å². The molecule has 0 spiro atoms. The van der Waals surface area contributed by atoms with Crippen LogP contribution in [0.3, 0.4) is 0 Å². The van der Waals surface area contributed by atoms with E-state index in [1.54, 1.807) is 24.5 Å². The lowest BCUT2D eigenvalue weighted by Gasteiger charge is -1.95. The van der Waals surface area contributed by atoms with Crippen LogP contribution in [-0.4, -0.2) is 22.8 Å². The summed E-state index contributed by atoms with van der Waals surface area (Å²) in [6.45, 7) is 0. The molecular weight excluding hydrogens is 174 g/mol. The Morgan fingerprint density at radius 1 is 1.50 bits per heavy atom. The summed E-state index contributed by atoms with van der Waals surface area (Å²) >= 11 is 1.33. The van der Waals surface area contributed by atoms with Crippen LogP contribution in [0, 0.1) is 0 Å². The van der Waals surface area contributed by atoms with E-state index in [9.17, 15) is 9.59 Å². The quantitative estimate of drug-likeness (QED) is 0.394. The third-order valence-electron chi connectivity index (χ3n) is 1.16. The minimum absolute atomic E-state index is 0.202. The van der Waals surface area contributed by atoms with Crippen LogP contribution in [0.1, 0.15) is 0 Å². The summed E-state index contributed by atoms with van der Waals surface area (Å²) < 4.78 is 0. The van der Waals surface area contributed by atoms with Gasteiger partial charge in [-0.15, -0.1) is 11.8 Å². The van der Waals surface area contributed by atoms with E-state index >= 15 is 0 Å². The van der Waals surface area contributed by atoms with Gasteiger partial charge in [-0.1, -0.05) is 0 Å². The molecule has 62 valence electrons. The van der Waals surface area contributed by atoms with Crippen LogP contribution in [0.5, 0.6) is 0 Å². The normalized spacial score (nSPS) is 9.33. The molecule has 0 saturated heterocycles. The monoisotopic (exact) mass is 181 g/mol. The van der Waals surface area contributed by atoms with E-state index < -0.39 is 5.78 Å². The fourth-order valence-corrected chi connectivity index (χ4v) is 1.31. The maximum atomic E-state index is 10.6. The number of thioether (sulfide) groups is 1. The van der Waals surface area contributed by atoms with E-state index in [4.69, 9.17) is 0 Å². The zero-order valence-electron chi connectivity index (χ0n) is 6.27. The highest BCUT2D eigenvalue weighted by Gasteiger charge is 1.99. The smallest absolute Gasteiger partial charge is 0.205 e. The molecule has 1 aromatic heterocycles. The van der Waals surface area contributed by atoms with Crippen LogP contribution in [-0.2, 0) is 9.59 Å². The second-order valence-corrected chi connectivity index (χ2v) is 3.10. The summed E-state index contributed by atoms with van der Waals surface area (Å²) in [6.07, 6.45) is 3.63. The zero-order valence-corrected chi connectivity index (χ0v) is 7.08. The van der Waals surface area contributed by atoms with E-state index in [0.717, 1.165) is 4.90 Å². The predicted octanol–water partition coefficient (Wildman–Crippen LogP) is 0.942. The Bertz CT molecular complexity index is 274. The molecule has 0 fully saturated rings. The summed E-state index contributed by atoms with van der Waals surface area (Å²) in [6, 6.07) is 3.59. The lowest BCUT2D eigenvalue weighted by atomic mass is 10.5. The fourth-order valence-electron chi connectivity index (χ4n) is 0.623. The summed E-state index contributed by atoms with van der Waals surface area (Å²) in [5, 5.41) is 0. The second kappa shape index (κ2) is 4.66. The van der Waals surface area contributed by atoms with Crippen molar-refractivity contribution in [1.29, 1.82) is 0 Å². The number of hydrogen-bond acceptors (Lipinski definition) is 4. The Hall–Kier alpha value is -1.16. The molecule has 0 aliphatic heterocycles. The van der Waals surface area contributed by atoms with Crippen LogP contribution >= 0.6 is 11.8 Å². The molecule has 12 heavy (non-hydrogen) atoms. The highest BCUT2D eigenvalue weighted by Crippen LogP contribution is 2.15. The number of hydrogen-bond donors (Lipinski definition) is 0. The summed E-state index contributed by atoms with van der Waals surface area (Å²) in [7, 11) is 0. The Balaban J connectivity index is 2.43. The van der Waals surface area contributed by atoms with Crippen molar-refractivity contribution in [2.24, 2.45) is 0 Å². The van der Waals surface area contributed by atoms with Gasteiger partial charge in [0.05, 0.1) is 5.75 Å². The lowest BCUT2D eigenvalue weighted by molar-refractivity contribution is -0.128. The largest absolute Gasteiger partial charge is 0.295 e. The molecule has 0 aromatic carbocycles. The Morgan fingerprint density at radius 3 is 2.75 bits per heavy atom. The molecule has 3 nitrogen and oxygen atoms in total. The zero-order chi connectivity index (χ0) is 8.81. The Kier molecular flexibility index (Phi) is 3.47. The molecule has 0 amide bonds. The van der Waals surface area contributed by atoms with E-state index in [-0.39, 0.29) is 5.75 Å². The molecule has 0 aliphatic carbocycles. The highest BCUT2D eigenvalue weighted by molar-refractivity contribution is 8.00. The number of carbonyl (C=O) groups is 2. The second-order valence-electron chi connectivity index (χ2n) is 2.06. The summed E-state index contributed by atoms with van der Waals surface area (Å²) in [5.41, 5.74) is 0. The predicted molar refractivity (Wildman–Crippen MR) is 46.0 cm³/mol. The number of aldehydes is 1. The number of rotatable bonds is 4. The summed E-state index contributed by atoms with van der Waals surface area (Å²) in [4.78, 5) is 25.3. The maximum absolute atomic E-state index is 10.6. The Labute approximate surface area is 74.2 Å². The van der Waals surface area contributed by atoms with Gasteiger partial charge in [-0.05, 0) is 12.1 Å². The number of nitrogens with zero attached hydrogens (tertiary/aromatic N) is 1. The lowest BCUT2D eigenvalue weighted by Crippen LogP contribution is -2.01. The van der Waals surface area contributed by atoms with Gasteiger partial charge in [-0.2, -0.15) is 0 Å². The van der Waals surface area contributed by atoms with Gasteiger partial charge in [0.1, 0.15) is 0 Å². The minimum Gasteiger partial charge on any atom is -0.295 e. The molecule has 0 aliphatic rings. The first-order valence-electron chi connectivity index (χ1n) is 3.34. The third-order valence-corrected chi connectivity index (χ3v) is 2.20. The van der Waals surface area contributed by atoms with Crippen molar-refractivity contribution < 1.29 is 9.59 Å². The van der Waals surface area contributed by atoms with Crippen LogP contribution < -0.4 is 0 Å². The van der Waals surface area contributed by atoms with Crippen molar-refractivity contribution in [2.45, 2.75) is 4.90 Å². The fraction of sp³-hybridized carbons (Fsp3) is 0.125. The molecule has 0 saturated carbocycles. The van der Waals surface area contributed by atoms with Crippen molar-refractivity contribution in [3.8, 4) is 0 Å². The van der Waals surface area contributed by atoms with Crippen molar-refractivity contribution in [3.05, 3.63) is 24.5 Å². The SMILES string of the molecule is O=CC(=O)CSc1ccncc1. The van der Waals surface area contributed by atoms with Gasteiger partial charge in [0, 0.05) is 17.3 Å². The topological polar surface area (TPSA) is 47.0 Å². The number of aromatic nitrogens is 1. The van der Waals surface area contributed by atoms with Gasteiger partial charge in [0.15, 0.2) is 6.29 Å². The maximum Gasteiger partial charge on any atom is 0.205 e. The van der Waals surface area contributed by atoms with Gasteiger partial charge in [0.25, 0.3) is 0 Å². The van der Waals surface area contributed by atoms with Crippen LogP contribution in [0.4, 0.5) is 0 Å². The first-order chi connectivity index (χ1) is 5.83. The first-order valence-corrected chi connectivity index (χ1v) is 4.32. The average Bonchev–Trinajstić information content (AvgIpc) is 2.16. The molecule has 4 heteroatoms. The van der Waals surface area contributed by atoms with E-state index in [1.165, 1.54) is 11.8 Å². The number of carbonyl (C=O) groups excluding carboxylic acids is 2. The number of pyridine rings is 1. The standard InChI is InChI=1S/C8H7NO2S/c10-5-7(11)6-12-8-1-3-9-4-2-8/h1-5H,6H2. The van der Waals surface area contributed by atoms with Crippen molar-refractivity contribution in [2.75, 3.05) is 5.75 Å². The number of Topliss-reactive ketones (excluding diaryl/α,β-unsaturated/α-hetero) is 1. The minimum atomic E-state index is -0.392. The van der Waals surface area contributed by atoms with Crippen LogP contribution in [0.25, 0.3) is 0 Å². The Morgan fingerprint density at radius 2 is 2.17 bits per heavy atom. The van der Waals surface area contributed by atoms with Crippen LogP contribution in [0.15, 0.2) is 29.4 Å². The average molecular weight is 181 g/mol. The van der Waals surface area contributed by atoms with Crippen molar-refractivity contribution in [1.82, 2.24) is 4.98 Å². The van der Waals surface area contributed by atoms with E-state index in [1.807, 2.05) is 0 Å². The molecule has 1 heterocycles. The summed E-state index contributed by atoms with van der Waals surface area (Å²) in [5.74, 6) is -0.190.